The highest BCUT2D eigenvalue weighted by molar-refractivity contribution is 5.85. The van der Waals surface area contributed by atoms with Crippen LogP contribution in [-0.2, 0) is 0 Å². The summed E-state index contributed by atoms with van der Waals surface area (Å²) in [5.41, 5.74) is 5.90. The summed E-state index contributed by atoms with van der Waals surface area (Å²) in [5, 5.41) is 8.69. The van der Waals surface area contributed by atoms with Crippen molar-refractivity contribution in [3.63, 3.8) is 0 Å². The molecule has 0 heterocycles. The summed E-state index contributed by atoms with van der Waals surface area (Å²) < 4.78 is 0. The Morgan fingerprint density at radius 2 is 1.83 bits per heavy atom. The van der Waals surface area contributed by atoms with E-state index in [1.165, 1.54) is 32.1 Å². The first-order chi connectivity index (χ1) is 5.34. The number of nitrogens with two attached hydrogens (primary N) is 1. The number of aliphatic hydroxyl groups is 1. The van der Waals surface area contributed by atoms with Crippen molar-refractivity contribution in [1.82, 2.24) is 0 Å². The SMILES string of the molecule is Cl.NC(CCO)C1CCCCC1. The largest absolute Gasteiger partial charge is 0.396 e. The standard InChI is InChI=1S/C9H19NO.ClH/c10-9(6-7-11)8-4-2-1-3-5-8;/h8-9,11H,1-7,10H2;1H. The van der Waals surface area contributed by atoms with Crippen LogP contribution < -0.4 is 5.73 Å². The van der Waals surface area contributed by atoms with E-state index in [2.05, 4.69) is 0 Å². The van der Waals surface area contributed by atoms with Crippen LogP contribution in [0.15, 0.2) is 0 Å². The van der Waals surface area contributed by atoms with Crippen LogP contribution in [0.4, 0.5) is 0 Å². The van der Waals surface area contributed by atoms with E-state index in [0.29, 0.717) is 5.92 Å². The number of aliphatic hydroxyl groups excluding tert-OH is 1. The number of hydrogen-bond acceptors (Lipinski definition) is 2. The Labute approximate surface area is 80.9 Å². The van der Waals surface area contributed by atoms with Gasteiger partial charge in [-0.2, -0.15) is 0 Å². The minimum absolute atomic E-state index is 0. The molecule has 0 aromatic carbocycles. The van der Waals surface area contributed by atoms with Crippen LogP contribution in [0.25, 0.3) is 0 Å². The lowest BCUT2D eigenvalue weighted by Crippen LogP contribution is -2.32. The van der Waals surface area contributed by atoms with Gasteiger partial charge >= 0.3 is 0 Å². The highest BCUT2D eigenvalue weighted by Gasteiger charge is 2.19. The first kappa shape index (κ1) is 12.2. The van der Waals surface area contributed by atoms with Gasteiger partial charge in [-0.25, -0.2) is 0 Å². The topological polar surface area (TPSA) is 46.2 Å². The predicted octanol–water partition coefficient (Wildman–Crippen LogP) is 1.70. The molecule has 0 saturated heterocycles. The van der Waals surface area contributed by atoms with Gasteiger partial charge in [0, 0.05) is 12.6 Å². The molecule has 1 saturated carbocycles. The fourth-order valence-corrected chi connectivity index (χ4v) is 1.95. The molecule has 2 nitrogen and oxygen atoms in total. The van der Waals surface area contributed by atoms with Gasteiger partial charge in [0.2, 0.25) is 0 Å². The third kappa shape index (κ3) is 3.74. The average molecular weight is 194 g/mol. The van der Waals surface area contributed by atoms with E-state index in [0.717, 1.165) is 6.42 Å². The molecule has 0 spiro atoms. The summed E-state index contributed by atoms with van der Waals surface area (Å²) >= 11 is 0. The van der Waals surface area contributed by atoms with Crippen molar-refractivity contribution in [2.24, 2.45) is 11.7 Å². The van der Waals surface area contributed by atoms with E-state index in [1.54, 1.807) is 0 Å². The molecule has 0 aromatic rings. The number of rotatable bonds is 3. The molecule has 1 atom stereocenters. The van der Waals surface area contributed by atoms with E-state index >= 15 is 0 Å². The zero-order valence-electron chi connectivity index (χ0n) is 7.54. The Hall–Kier alpha value is 0.210. The van der Waals surface area contributed by atoms with Gasteiger partial charge in [-0.3, -0.25) is 0 Å². The van der Waals surface area contributed by atoms with Crippen molar-refractivity contribution in [3.05, 3.63) is 0 Å². The molecule has 1 unspecified atom stereocenters. The van der Waals surface area contributed by atoms with Crippen LogP contribution in [0.1, 0.15) is 38.5 Å². The zero-order chi connectivity index (χ0) is 8.10. The van der Waals surface area contributed by atoms with Gasteiger partial charge in [0.25, 0.3) is 0 Å². The highest BCUT2D eigenvalue weighted by atomic mass is 35.5. The molecule has 1 fully saturated rings. The van der Waals surface area contributed by atoms with Crippen molar-refractivity contribution in [2.75, 3.05) is 6.61 Å². The van der Waals surface area contributed by atoms with Gasteiger partial charge in [0.05, 0.1) is 0 Å². The predicted molar refractivity (Wildman–Crippen MR) is 53.5 cm³/mol. The molecule has 0 radical (unpaired) electrons. The zero-order valence-corrected chi connectivity index (χ0v) is 8.35. The molecule has 3 heteroatoms. The molecule has 1 aliphatic carbocycles. The summed E-state index contributed by atoms with van der Waals surface area (Å²) in [5.74, 6) is 0.691. The molecule has 0 aliphatic heterocycles. The van der Waals surface area contributed by atoms with Crippen LogP contribution in [0.2, 0.25) is 0 Å². The normalized spacial score (nSPS) is 21.5. The summed E-state index contributed by atoms with van der Waals surface area (Å²) in [7, 11) is 0. The second kappa shape index (κ2) is 6.70. The minimum Gasteiger partial charge on any atom is -0.396 e. The Bertz CT molecular complexity index is 105. The molecule has 0 bridgehead atoms. The van der Waals surface area contributed by atoms with Crippen LogP contribution in [-0.4, -0.2) is 17.8 Å². The molecule has 0 amide bonds. The second-order valence-electron chi connectivity index (χ2n) is 3.57. The number of hydrogen-bond donors (Lipinski definition) is 2. The van der Waals surface area contributed by atoms with Crippen LogP contribution in [0.5, 0.6) is 0 Å². The third-order valence-corrected chi connectivity index (χ3v) is 2.72. The maximum atomic E-state index is 8.69. The Kier molecular flexibility index (Phi) is 6.81. The summed E-state index contributed by atoms with van der Waals surface area (Å²) in [4.78, 5) is 0. The smallest absolute Gasteiger partial charge is 0.0445 e. The van der Waals surface area contributed by atoms with E-state index in [-0.39, 0.29) is 25.1 Å². The van der Waals surface area contributed by atoms with E-state index in [1.807, 2.05) is 0 Å². The van der Waals surface area contributed by atoms with Gasteiger partial charge in [-0.1, -0.05) is 19.3 Å². The average Bonchev–Trinajstić information content (AvgIpc) is 2.07. The summed E-state index contributed by atoms with van der Waals surface area (Å²) in [6.07, 6.45) is 7.39. The lowest BCUT2D eigenvalue weighted by Gasteiger charge is -2.26. The van der Waals surface area contributed by atoms with Crippen molar-refractivity contribution >= 4 is 12.4 Å². The molecule has 3 N–H and O–H groups in total. The monoisotopic (exact) mass is 193 g/mol. The number of halogens is 1. The van der Waals surface area contributed by atoms with Crippen molar-refractivity contribution in [2.45, 2.75) is 44.6 Å². The molecular formula is C9H20ClNO. The Morgan fingerprint density at radius 1 is 1.25 bits per heavy atom. The fourth-order valence-electron chi connectivity index (χ4n) is 1.95. The van der Waals surface area contributed by atoms with E-state index in [9.17, 15) is 0 Å². The van der Waals surface area contributed by atoms with Gasteiger partial charge < -0.3 is 10.8 Å². The molecule has 12 heavy (non-hydrogen) atoms. The van der Waals surface area contributed by atoms with Crippen LogP contribution >= 0.6 is 12.4 Å². The minimum atomic E-state index is 0. The van der Waals surface area contributed by atoms with Crippen LogP contribution in [0, 0.1) is 5.92 Å². The van der Waals surface area contributed by atoms with Crippen molar-refractivity contribution in [3.8, 4) is 0 Å². The summed E-state index contributed by atoms with van der Waals surface area (Å²) in [6.45, 7) is 0.248. The lowest BCUT2D eigenvalue weighted by atomic mass is 9.83. The molecular weight excluding hydrogens is 174 g/mol. The third-order valence-electron chi connectivity index (χ3n) is 2.72. The second-order valence-corrected chi connectivity index (χ2v) is 3.57. The first-order valence-corrected chi connectivity index (χ1v) is 4.71. The molecule has 74 valence electrons. The highest BCUT2D eigenvalue weighted by Crippen LogP contribution is 2.26. The van der Waals surface area contributed by atoms with E-state index < -0.39 is 0 Å². The van der Waals surface area contributed by atoms with Gasteiger partial charge in [-0.05, 0) is 25.2 Å². The molecule has 0 aromatic heterocycles. The lowest BCUT2D eigenvalue weighted by molar-refractivity contribution is 0.230. The quantitative estimate of drug-likeness (QED) is 0.717. The summed E-state index contributed by atoms with van der Waals surface area (Å²) in [6, 6.07) is 0.250. The first-order valence-electron chi connectivity index (χ1n) is 4.71. The van der Waals surface area contributed by atoms with Gasteiger partial charge in [-0.15, -0.1) is 12.4 Å². The van der Waals surface area contributed by atoms with E-state index in [4.69, 9.17) is 10.8 Å². The van der Waals surface area contributed by atoms with Gasteiger partial charge in [0.15, 0.2) is 0 Å². The Morgan fingerprint density at radius 3 is 2.33 bits per heavy atom. The Balaban J connectivity index is 0.00000121. The fraction of sp³-hybridized carbons (Fsp3) is 1.00. The van der Waals surface area contributed by atoms with Crippen molar-refractivity contribution < 1.29 is 5.11 Å². The van der Waals surface area contributed by atoms with Crippen molar-refractivity contribution in [1.29, 1.82) is 0 Å². The molecule has 1 rings (SSSR count). The molecule has 1 aliphatic rings. The van der Waals surface area contributed by atoms with Crippen LogP contribution in [0.3, 0.4) is 0 Å². The maximum Gasteiger partial charge on any atom is 0.0445 e. The maximum absolute atomic E-state index is 8.69. The van der Waals surface area contributed by atoms with Gasteiger partial charge in [0.1, 0.15) is 0 Å².